The van der Waals surface area contributed by atoms with Crippen LogP contribution in [0.15, 0.2) is 18.5 Å². The first-order valence-corrected chi connectivity index (χ1v) is 10.9. The van der Waals surface area contributed by atoms with Gasteiger partial charge in [-0.25, -0.2) is 8.96 Å². The third-order valence-corrected chi connectivity index (χ3v) is 5.92. The minimum Gasteiger partial charge on any atom is -0.359 e. The number of halogens is 4. The molecule has 1 amide bonds. The van der Waals surface area contributed by atoms with Crippen LogP contribution in [0, 0.1) is 0 Å². The zero-order chi connectivity index (χ0) is 23.3. The molecule has 0 aromatic carbocycles. The second-order valence-electron chi connectivity index (χ2n) is 7.68. The van der Waals surface area contributed by atoms with Crippen molar-refractivity contribution in [1.29, 1.82) is 0 Å². The Morgan fingerprint density at radius 3 is 2.44 bits per heavy atom. The number of carbonyl (C=O) groups excluding carboxylic acids is 1. The van der Waals surface area contributed by atoms with Crippen molar-refractivity contribution in [2.75, 3.05) is 39.1 Å². The number of amides is 1. The fraction of sp³-hybridized carbons (Fsp3) is 0.600. The van der Waals surface area contributed by atoms with Crippen LogP contribution in [0.3, 0.4) is 0 Å². The first-order chi connectivity index (χ1) is 15.3. The van der Waals surface area contributed by atoms with Crippen LogP contribution in [-0.4, -0.2) is 66.2 Å². The normalized spacial score (nSPS) is 17.4. The van der Waals surface area contributed by atoms with Gasteiger partial charge in [0.1, 0.15) is 13.3 Å². The topological polar surface area (TPSA) is 59.8 Å². The van der Waals surface area contributed by atoms with Gasteiger partial charge in [0.2, 0.25) is 0 Å². The molecule has 1 fully saturated rings. The highest BCUT2D eigenvalue weighted by atomic mass is 32.2. The van der Waals surface area contributed by atoms with Crippen LogP contribution < -0.4 is 4.90 Å². The molecular formula is C20H26F4N4O3S. The van der Waals surface area contributed by atoms with Gasteiger partial charge in [0.25, 0.3) is 5.91 Å². The fourth-order valence-electron chi connectivity index (χ4n) is 4.21. The van der Waals surface area contributed by atoms with E-state index in [4.69, 9.17) is 0 Å². The van der Waals surface area contributed by atoms with E-state index in [9.17, 15) is 21.9 Å². The summed E-state index contributed by atoms with van der Waals surface area (Å²) in [5.74, 6) is -0.690. The molecule has 32 heavy (non-hydrogen) atoms. The molecule has 1 aliphatic carbocycles. The Morgan fingerprint density at radius 1 is 1.19 bits per heavy atom. The number of rotatable bonds is 5. The smallest absolute Gasteiger partial charge is 0.359 e. The Hall–Kier alpha value is -2.05. The summed E-state index contributed by atoms with van der Waals surface area (Å²) in [6, 6.07) is 1.71. The number of aromatic nitrogens is 2. The van der Waals surface area contributed by atoms with Crippen LogP contribution in [0.4, 0.5) is 22.7 Å². The minimum atomic E-state index is -4.48. The molecule has 0 bridgehead atoms. The predicted molar refractivity (Wildman–Crippen MR) is 114 cm³/mol. The second-order valence-corrected chi connectivity index (χ2v) is 8.22. The molecule has 178 valence electrons. The lowest BCUT2D eigenvalue weighted by Crippen LogP contribution is -2.53. The largest absolute Gasteiger partial charge is 0.406 e. The Bertz CT molecular complexity index is 916. The second kappa shape index (κ2) is 10.7. The Balaban J connectivity index is 0.000000523. The molecule has 12 heteroatoms. The number of alkyl halides is 3. The first kappa shape index (κ1) is 24.6. The number of methoxy groups -OCH3 is 2. The van der Waals surface area contributed by atoms with E-state index in [-0.39, 0.29) is 30.6 Å². The fourth-order valence-corrected chi connectivity index (χ4v) is 4.52. The van der Waals surface area contributed by atoms with E-state index in [2.05, 4.69) is 14.5 Å². The molecule has 0 spiro atoms. The molecule has 4 rings (SSSR count). The number of ether oxygens (including phenoxy) is 2. The quantitative estimate of drug-likeness (QED) is 0.456. The third-order valence-electron chi connectivity index (χ3n) is 5.48. The summed E-state index contributed by atoms with van der Waals surface area (Å²) in [6.45, 7) is -1.03. The summed E-state index contributed by atoms with van der Waals surface area (Å²) in [7, 11) is 3.17. The van der Waals surface area contributed by atoms with Gasteiger partial charge in [0, 0.05) is 38.0 Å². The van der Waals surface area contributed by atoms with Gasteiger partial charge in [-0.05, 0) is 18.9 Å². The lowest BCUT2D eigenvalue weighted by molar-refractivity contribution is -0.141. The maximum absolute atomic E-state index is 13.1. The molecule has 2 aromatic rings. The highest BCUT2D eigenvalue weighted by molar-refractivity contribution is 7.92. The van der Waals surface area contributed by atoms with E-state index in [0.29, 0.717) is 23.5 Å². The molecule has 0 unspecified atom stereocenters. The zero-order valence-corrected chi connectivity index (χ0v) is 18.7. The van der Waals surface area contributed by atoms with E-state index in [0.717, 1.165) is 37.0 Å². The molecule has 0 radical (unpaired) electrons. The number of hydrogen-bond acceptors (Lipinski definition) is 6. The lowest BCUT2D eigenvalue weighted by atomic mass is 9.92. The van der Waals surface area contributed by atoms with Crippen molar-refractivity contribution >= 4 is 35.0 Å². The van der Waals surface area contributed by atoms with Crippen molar-refractivity contribution in [2.24, 2.45) is 0 Å². The zero-order valence-electron chi connectivity index (χ0n) is 17.9. The Labute approximate surface area is 188 Å². The molecule has 2 aromatic heterocycles. The molecule has 1 aliphatic heterocycles. The Kier molecular flexibility index (Phi) is 8.23. The van der Waals surface area contributed by atoms with Crippen LogP contribution in [0.2, 0.25) is 0 Å². The molecule has 7 nitrogen and oxygen atoms in total. The standard InChI is InChI=1S/C17H18F4N4OS.C3H8O2/c18-17(19,20)9-23-10-24(11-4-2-1-3-5-11)14-12-6-7-25(27-21)15(12)22-8-13(14)16(23)26;1-4-3-5-2/h6-8,11H,1-5,9-10H2;3H2,1-2H3. The highest BCUT2D eigenvalue weighted by Crippen LogP contribution is 2.39. The van der Waals surface area contributed by atoms with Crippen molar-refractivity contribution in [3.05, 3.63) is 24.0 Å². The van der Waals surface area contributed by atoms with Gasteiger partial charge in [-0.15, -0.1) is 3.89 Å². The van der Waals surface area contributed by atoms with Crippen molar-refractivity contribution in [1.82, 2.24) is 13.9 Å². The van der Waals surface area contributed by atoms with Gasteiger partial charge in [-0.2, -0.15) is 13.2 Å². The summed E-state index contributed by atoms with van der Waals surface area (Å²) in [5.41, 5.74) is 1.08. The average Bonchev–Trinajstić information content (AvgIpc) is 3.19. The van der Waals surface area contributed by atoms with Crippen LogP contribution in [0.25, 0.3) is 11.0 Å². The molecule has 2 aliphatic rings. The summed E-state index contributed by atoms with van der Waals surface area (Å²) < 4.78 is 62.3. The number of pyridine rings is 1. The average molecular weight is 479 g/mol. The van der Waals surface area contributed by atoms with Gasteiger partial charge >= 0.3 is 6.18 Å². The molecule has 0 atom stereocenters. The molecule has 0 saturated heterocycles. The van der Waals surface area contributed by atoms with E-state index >= 15 is 0 Å². The maximum atomic E-state index is 13.1. The van der Waals surface area contributed by atoms with Crippen LogP contribution in [0.5, 0.6) is 0 Å². The number of hydrogen-bond donors (Lipinski definition) is 0. The lowest BCUT2D eigenvalue weighted by Gasteiger charge is -2.44. The molecule has 3 heterocycles. The van der Waals surface area contributed by atoms with Crippen molar-refractivity contribution < 1.29 is 31.3 Å². The summed E-state index contributed by atoms with van der Waals surface area (Å²) >= 11 is -0.00681. The number of nitrogens with zero attached hydrogens (tertiary/aromatic N) is 4. The number of carbonyl (C=O) groups is 1. The van der Waals surface area contributed by atoms with Gasteiger partial charge in [0.05, 0.1) is 17.9 Å². The van der Waals surface area contributed by atoms with Crippen LogP contribution in [-0.2, 0) is 9.47 Å². The minimum absolute atomic E-state index is 0.00681. The van der Waals surface area contributed by atoms with Crippen LogP contribution in [0.1, 0.15) is 42.5 Å². The molecule has 1 saturated carbocycles. The van der Waals surface area contributed by atoms with Crippen molar-refractivity contribution in [3.63, 3.8) is 0 Å². The van der Waals surface area contributed by atoms with Gasteiger partial charge in [-0.1, -0.05) is 19.3 Å². The van der Waals surface area contributed by atoms with Crippen LogP contribution >= 0.6 is 12.3 Å². The summed E-state index contributed by atoms with van der Waals surface area (Å²) in [6.07, 6.45) is 3.11. The number of fused-ring (bicyclic) bond motifs is 3. The number of anilines is 1. The summed E-state index contributed by atoms with van der Waals surface area (Å²) in [4.78, 5) is 19.6. The third kappa shape index (κ3) is 5.46. The highest BCUT2D eigenvalue weighted by Gasteiger charge is 2.40. The van der Waals surface area contributed by atoms with Crippen molar-refractivity contribution in [3.8, 4) is 0 Å². The van der Waals surface area contributed by atoms with E-state index in [1.165, 1.54) is 16.4 Å². The monoisotopic (exact) mass is 478 g/mol. The van der Waals surface area contributed by atoms with Gasteiger partial charge < -0.3 is 19.3 Å². The van der Waals surface area contributed by atoms with Gasteiger partial charge in [0.15, 0.2) is 18.0 Å². The van der Waals surface area contributed by atoms with E-state index < -0.39 is 18.6 Å². The van der Waals surface area contributed by atoms with E-state index in [1.807, 2.05) is 4.90 Å². The predicted octanol–water partition coefficient (Wildman–Crippen LogP) is 4.77. The summed E-state index contributed by atoms with van der Waals surface area (Å²) in [5, 5.41) is 0.586. The molecular weight excluding hydrogens is 452 g/mol. The first-order valence-electron chi connectivity index (χ1n) is 10.2. The van der Waals surface area contributed by atoms with Crippen molar-refractivity contribution in [2.45, 2.75) is 44.3 Å². The Morgan fingerprint density at radius 2 is 1.88 bits per heavy atom. The molecule has 0 N–H and O–H groups in total. The maximum Gasteiger partial charge on any atom is 0.406 e. The van der Waals surface area contributed by atoms with E-state index in [1.54, 1.807) is 20.3 Å². The SMILES string of the molecule is COCOC.O=C1c2cnc3c(ccn3SF)c2N(C2CCCCC2)CN1CC(F)(F)F. The van der Waals surface area contributed by atoms with Gasteiger partial charge in [-0.3, -0.25) is 4.79 Å².